The Bertz CT molecular complexity index is 802. The highest BCUT2D eigenvalue weighted by molar-refractivity contribution is 5.60. The molecule has 1 fully saturated rings. The number of aromatic nitrogens is 3. The number of anilines is 1. The Morgan fingerprint density at radius 2 is 1.67 bits per heavy atom. The molecular formula is C19H20N4O. The van der Waals surface area contributed by atoms with Crippen molar-refractivity contribution in [2.24, 2.45) is 0 Å². The molecule has 1 aromatic carbocycles. The fourth-order valence-electron chi connectivity index (χ4n) is 2.98. The predicted molar refractivity (Wildman–Crippen MR) is 93.8 cm³/mol. The van der Waals surface area contributed by atoms with Gasteiger partial charge in [-0.05, 0) is 38.3 Å². The van der Waals surface area contributed by atoms with Crippen molar-refractivity contribution >= 4 is 5.82 Å². The summed E-state index contributed by atoms with van der Waals surface area (Å²) in [6.07, 6.45) is 5.62. The highest BCUT2D eigenvalue weighted by atomic mass is 16.5. The van der Waals surface area contributed by atoms with E-state index in [0.29, 0.717) is 11.7 Å². The molecule has 0 spiro atoms. The Morgan fingerprint density at radius 1 is 0.917 bits per heavy atom. The van der Waals surface area contributed by atoms with Crippen molar-refractivity contribution in [2.45, 2.75) is 26.2 Å². The van der Waals surface area contributed by atoms with E-state index in [0.717, 1.165) is 30.0 Å². The zero-order valence-electron chi connectivity index (χ0n) is 13.8. The highest BCUT2D eigenvalue weighted by Gasteiger charge is 2.14. The molecule has 0 N–H and O–H groups in total. The minimum absolute atomic E-state index is 0.503. The second kappa shape index (κ2) is 6.43. The molecule has 1 aliphatic rings. The third kappa shape index (κ3) is 3.02. The van der Waals surface area contributed by atoms with Crippen molar-refractivity contribution in [3.8, 4) is 22.8 Å². The summed E-state index contributed by atoms with van der Waals surface area (Å²) in [4.78, 5) is 11.4. The van der Waals surface area contributed by atoms with Crippen LogP contribution in [0.15, 0.2) is 47.1 Å². The van der Waals surface area contributed by atoms with Crippen LogP contribution in [0.3, 0.4) is 0 Å². The van der Waals surface area contributed by atoms with Crippen molar-refractivity contribution in [2.75, 3.05) is 18.0 Å². The molecular weight excluding hydrogens is 300 g/mol. The maximum atomic E-state index is 5.41. The summed E-state index contributed by atoms with van der Waals surface area (Å²) in [7, 11) is 0. The number of hydrogen-bond donors (Lipinski definition) is 0. The van der Waals surface area contributed by atoms with E-state index in [1.54, 1.807) is 0 Å². The summed E-state index contributed by atoms with van der Waals surface area (Å²) < 4.78 is 5.41. The normalized spacial score (nSPS) is 14.8. The summed E-state index contributed by atoms with van der Waals surface area (Å²) in [6, 6.07) is 12.1. The molecule has 4 rings (SSSR count). The fourth-order valence-corrected chi connectivity index (χ4v) is 2.98. The smallest absolute Gasteiger partial charge is 0.259 e. The molecule has 122 valence electrons. The Labute approximate surface area is 141 Å². The molecule has 3 heterocycles. The Morgan fingerprint density at radius 3 is 2.38 bits per heavy atom. The van der Waals surface area contributed by atoms with Gasteiger partial charge in [-0.1, -0.05) is 35.0 Å². The van der Waals surface area contributed by atoms with E-state index >= 15 is 0 Å². The van der Waals surface area contributed by atoms with Crippen LogP contribution in [0.1, 0.15) is 24.8 Å². The number of hydrogen-bond acceptors (Lipinski definition) is 5. The second-order valence-corrected chi connectivity index (χ2v) is 6.24. The Hall–Kier alpha value is -2.69. The van der Waals surface area contributed by atoms with Gasteiger partial charge in [0.2, 0.25) is 5.82 Å². The number of pyridine rings is 1. The monoisotopic (exact) mass is 320 g/mol. The quantitative estimate of drug-likeness (QED) is 0.727. The lowest BCUT2D eigenvalue weighted by molar-refractivity contribution is 0.432. The van der Waals surface area contributed by atoms with Crippen LogP contribution in [-0.4, -0.2) is 28.2 Å². The van der Waals surface area contributed by atoms with Gasteiger partial charge in [0.25, 0.3) is 5.89 Å². The molecule has 3 aromatic rings. The van der Waals surface area contributed by atoms with Crippen molar-refractivity contribution < 1.29 is 4.52 Å². The topological polar surface area (TPSA) is 55.1 Å². The van der Waals surface area contributed by atoms with E-state index in [1.165, 1.54) is 24.8 Å². The first-order valence-electron chi connectivity index (χ1n) is 8.42. The highest BCUT2D eigenvalue weighted by Crippen LogP contribution is 2.24. The maximum absolute atomic E-state index is 5.41. The summed E-state index contributed by atoms with van der Waals surface area (Å²) in [5, 5.41) is 4.08. The van der Waals surface area contributed by atoms with Gasteiger partial charge in [-0.25, -0.2) is 4.98 Å². The van der Waals surface area contributed by atoms with Crippen LogP contribution in [0.25, 0.3) is 22.8 Å². The summed E-state index contributed by atoms with van der Waals surface area (Å²) in [5.41, 5.74) is 3.01. The first-order chi connectivity index (χ1) is 11.8. The van der Waals surface area contributed by atoms with Gasteiger partial charge in [-0.2, -0.15) is 4.98 Å². The van der Waals surface area contributed by atoms with E-state index in [4.69, 9.17) is 4.52 Å². The van der Waals surface area contributed by atoms with Crippen LogP contribution >= 0.6 is 0 Å². The van der Waals surface area contributed by atoms with Gasteiger partial charge in [-0.3, -0.25) is 0 Å². The van der Waals surface area contributed by atoms with E-state index in [-0.39, 0.29) is 0 Å². The molecule has 0 aliphatic carbocycles. The molecule has 5 heteroatoms. The summed E-state index contributed by atoms with van der Waals surface area (Å²) >= 11 is 0. The second-order valence-electron chi connectivity index (χ2n) is 6.24. The minimum Gasteiger partial charge on any atom is -0.357 e. The zero-order chi connectivity index (χ0) is 16.4. The van der Waals surface area contributed by atoms with Gasteiger partial charge in [0.05, 0.1) is 5.56 Å². The van der Waals surface area contributed by atoms with Gasteiger partial charge >= 0.3 is 0 Å². The van der Waals surface area contributed by atoms with Gasteiger partial charge in [0, 0.05) is 24.8 Å². The van der Waals surface area contributed by atoms with E-state index in [1.807, 2.05) is 42.6 Å². The fraction of sp³-hybridized carbons (Fsp3) is 0.316. The molecule has 0 unspecified atom stereocenters. The van der Waals surface area contributed by atoms with Gasteiger partial charge in [0.15, 0.2) is 0 Å². The van der Waals surface area contributed by atoms with Crippen molar-refractivity contribution in [1.29, 1.82) is 0 Å². The average molecular weight is 320 g/mol. The Kier molecular flexibility index (Phi) is 3.99. The first kappa shape index (κ1) is 14.9. The standard InChI is InChI=1S/C19H20N4O/c1-14-5-7-15(8-6-14)18-21-19(24-22-18)16-9-10-17(20-13-16)23-11-3-2-4-12-23/h5-10,13H,2-4,11-12H2,1H3. The van der Waals surface area contributed by atoms with Crippen LogP contribution < -0.4 is 4.90 Å². The molecule has 5 nitrogen and oxygen atoms in total. The molecule has 0 amide bonds. The largest absolute Gasteiger partial charge is 0.357 e. The zero-order valence-corrected chi connectivity index (χ0v) is 13.8. The lowest BCUT2D eigenvalue weighted by atomic mass is 10.1. The maximum Gasteiger partial charge on any atom is 0.259 e. The molecule has 24 heavy (non-hydrogen) atoms. The SMILES string of the molecule is Cc1ccc(-c2noc(-c3ccc(N4CCCCC4)nc3)n2)cc1. The van der Waals surface area contributed by atoms with E-state index in [2.05, 4.69) is 26.9 Å². The minimum atomic E-state index is 0.503. The number of benzene rings is 1. The first-order valence-corrected chi connectivity index (χ1v) is 8.42. The molecule has 2 aromatic heterocycles. The van der Waals surface area contributed by atoms with Crippen LogP contribution in [0.4, 0.5) is 5.82 Å². The summed E-state index contributed by atoms with van der Waals surface area (Å²) in [6.45, 7) is 4.23. The Balaban J connectivity index is 1.54. The molecule has 1 saturated heterocycles. The number of rotatable bonds is 3. The molecule has 0 atom stereocenters. The average Bonchev–Trinajstić information content (AvgIpc) is 3.13. The van der Waals surface area contributed by atoms with Crippen LogP contribution in [0.5, 0.6) is 0 Å². The molecule has 1 aliphatic heterocycles. The van der Waals surface area contributed by atoms with Gasteiger partial charge in [0.1, 0.15) is 5.82 Å². The van der Waals surface area contributed by atoms with Gasteiger partial charge in [-0.15, -0.1) is 0 Å². The number of aryl methyl sites for hydroxylation is 1. The van der Waals surface area contributed by atoms with Crippen LogP contribution in [-0.2, 0) is 0 Å². The lowest BCUT2D eigenvalue weighted by Gasteiger charge is -2.27. The lowest BCUT2D eigenvalue weighted by Crippen LogP contribution is -2.29. The molecule has 0 radical (unpaired) electrons. The van der Waals surface area contributed by atoms with E-state index < -0.39 is 0 Å². The predicted octanol–water partition coefficient (Wildman–Crippen LogP) is 4.10. The summed E-state index contributed by atoms with van der Waals surface area (Å²) in [5.74, 6) is 2.13. The van der Waals surface area contributed by atoms with Crippen LogP contribution in [0.2, 0.25) is 0 Å². The third-order valence-electron chi connectivity index (χ3n) is 4.41. The van der Waals surface area contributed by atoms with Crippen molar-refractivity contribution in [3.05, 3.63) is 48.2 Å². The van der Waals surface area contributed by atoms with Gasteiger partial charge < -0.3 is 9.42 Å². The molecule has 0 saturated carbocycles. The number of nitrogens with zero attached hydrogens (tertiary/aromatic N) is 4. The number of piperidine rings is 1. The molecule has 0 bridgehead atoms. The van der Waals surface area contributed by atoms with Crippen molar-refractivity contribution in [3.63, 3.8) is 0 Å². The third-order valence-corrected chi connectivity index (χ3v) is 4.41. The van der Waals surface area contributed by atoms with Crippen molar-refractivity contribution in [1.82, 2.24) is 15.1 Å². The van der Waals surface area contributed by atoms with Crippen LogP contribution in [0, 0.1) is 6.92 Å². The van der Waals surface area contributed by atoms with E-state index in [9.17, 15) is 0 Å².